The van der Waals surface area contributed by atoms with Crippen molar-refractivity contribution in [2.45, 2.75) is 31.6 Å². The maximum atomic E-state index is 13.1. The van der Waals surface area contributed by atoms with Crippen LogP contribution in [-0.4, -0.2) is 41.1 Å². The lowest BCUT2D eigenvalue weighted by molar-refractivity contribution is -0.154. The molecule has 108 valence electrons. The highest BCUT2D eigenvalue weighted by Gasteiger charge is 2.35. The number of ether oxygens (including phenoxy) is 1. The molecule has 0 unspecified atom stereocenters. The second-order valence-electron chi connectivity index (χ2n) is 4.85. The molecule has 1 aliphatic heterocycles. The molecule has 6 heteroatoms. The van der Waals surface area contributed by atoms with Crippen LogP contribution in [0.4, 0.5) is 4.39 Å². The summed E-state index contributed by atoms with van der Waals surface area (Å²) in [5.41, 5.74) is 0.675. The second kappa shape index (κ2) is 6.00. The van der Waals surface area contributed by atoms with Gasteiger partial charge in [-0.05, 0) is 30.5 Å². The number of carbonyl (C=O) groups excluding carboxylic acids is 1. The molecule has 1 aromatic carbocycles. The number of carbonyl (C=O) groups is 2. The molecule has 2 atom stereocenters. The zero-order chi connectivity index (χ0) is 14.7. The van der Waals surface area contributed by atoms with Crippen molar-refractivity contribution in [3.63, 3.8) is 0 Å². The van der Waals surface area contributed by atoms with E-state index in [9.17, 15) is 14.0 Å². The zero-order valence-electron chi connectivity index (χ0n) is 11.1. The molecule has 1 amide bonds. The molecule has 0 aromatic heterocycles. The fourth-order valence-electron chi connectivity index (χ4n) is 2.23. The van der Waals surface area contributed by atoms with E-state index in [0.29, 0.717) is 18.4 Å². The Bertz CT molecular complexity index is 520. The molecular formula is C14H16FNO4. The summed E-state index contributed by atoms with van der Waals surface area (Å²) in [6, 6.07) is 6.00. The number of hydrogen-bond donors (Lipinski definition) is 1. The van der Waals surface area contributed by atoms with Crippen LogP contribution in [0.15, 0.2) is 24.3 Å². The molecule has 0 saturated carbocycles. The summed E-state index contributed by atoms with van der Waals surface area (Å²) in [4.78, 5) is 24.3. The molecule has 1 aliphatic rings. The Labute approximate surface area is 116 Å². The van der Waals surface area contributed by atoms with Crippen molar-refractivity contribution < 1.29 is 23.8 Å². The van der Waals surface area contributed by atoms with Crippen LogP contribution in [0, 0.1) is 5.82 Å². The summed E-state index contributed by atoms with van der Waals surface area (Å²) in [7, 11) is 1.59. The number of nitrogens with zero attached hydrogens (tertiary/aromatic N) is 1. The first kappa shape index (κ1) is 14.5. The molecule has 1 N–H and O–H groups in total. The molecule has 0 radical (unpaired) electrons. The van der Waals surface area contributed by atoms with Crippen molar-refractivity contribution in [2.24, 2.45) is 0 Å². The number of rotatable bonds is 4. The smallest absolute Gasteiger partial charge is 0.332 e. The number of halogens is 1. The van der Waals surface area contributed by atoms with Crippen LogP contribution in [0.5, 0.6) is 0 Å². The summed E-state index contributed by atoms with van der Waals surface area (Å²) in [5, 5.41) is 8.83. The topological polar surface area (TPSA) is 66.8 Å². The lowest BCUT2D eigenvalue weighted by Crippen LogP contribution is -2.36. The first-order valence-corrected chi connectivity index (χ1v) is 6.35. The van der Waals surface area contributed by atoms with Crippen LogP contribution in [-0.2, 0) is 20.9 Å². The van der Waals surface area contributed by atoms with Gasteiger partial charge >= 0.3 is 5.97 Å². The Morgan fingerprint density at radius 3 is 2.70 bits per heavy atom. The highest BCUT2D eigenvalue weighted by molar-refractivity contribution is 5.82. The van der Waals surface area contributed by atoms with Gasteiger partial charge in [-0.3, -0.25) is 4.79 Å². The predicted molar refractivity (Wildman–Crippen MR) is 68.4 cm³/mol. The highest BCUT2D eigenvalue weighted by Crippen LogP contribution is 2.22. The Morgan fingerprint density at radius 2 is 2.10 bits per heavy atom. The van der Waals surface area contributed by atoms with Gasteiger partial charge in [0.05, 0.1) is 0 Å². The zero-order valence-corrected chi connectivity index (χ0v) is 11.1. The van der Waals surface area contributed by atoms with Crippen molar-refractivity contribution in [1.82, 2.24) is 4.90 Å². The second-order valence-corrected chi connectivity index (χ2v) is 4.85. The summed E-state index contributed by atoms with van der Waals surface area (Å²) in [6.45, 7) is 0.258. The third-order valence-electron chi connectivity index (χ3n) is 3.26. The third-order valence-corrected chi connectivity index (χ3v) is 3.26. The van der Waals surface area contributed by atoms with Crippen molar-refractivity contribution in [3.05, 3.63) is 35.6 Å². The minimum Gasteiger partial charge on any atom is -0.479 e. The van der Waals surface area contributed by atoms with Crippen molar-refractivity contribution in [3.8, 4) is 0 Å². The van der Waals surface area contributed by atoms with Gasteiger partial charge < -0.3 is 14.7 Å². The van der Waals surface area contributed by atoms with Gasteiger partial charge in [0.25, 0.3) is 5.91 Å². The Balaban J connectivity index is 1.94. The monoisotopic (exact) mass is 281 g/mol. The fraction of sp³-hybridized carbons (Fsp3) is 0.429. The van der Waals surface area contributed by atoms with E-state index in [4.69, 9.17) is 9.84 Å². The first-order valence-electron chi connectivity index (χ1n) is 6.35. The molecule has 1 aromatic rings. The molecule has 1 saturated heterocycles. The average Bonchev–Trinajstić information content (AvgIpc) is 2.87. The van der Waals surface area contributed by atoms with E-state index in [-0.39, 0.29) is 18.3 Å². The molecular weight excluding hydrogens is 265 g/mol. The Kier molecular flexibility index (Phi) is 4.34. The van der Waals surface area contributed by atoms with E-state index in [1.54, 1.807) is 19.2 Å². The van der Waals surface area contributed by atoms with Crippen LogP contribution in [0.25, 0.3) is 0 Å². The van der Waals surface area contributed by atoms with E-state index in [1.165, 1.54) is 17.0 Å². The lowest BCUT2D eigenvalue weighted by atomic mass is 10.1. The van der Waals surface area contributed by atoms with Gasteiger partial charge in [-0.1, -0.05) is 12.1 Å². The van der Waals surface area contributed by atoms with Gasteiger partial charge in [-0.25, -0.2) is 9.18 Å². The SMILES string of the molecule is CN(Cc1cccc(F)c1)C(=O)[C@@H]1CC[C@H](C(=O)O)O1. The van der Waals surface area contributed by atoms with E-state index in [1.807, 2.05) is 0 Å². The highest BCUT2D eigenvalue weighted by atomic mass is 19.1. The lowest BCUT2D eigenvalue weighted by Gasteiger charge is -2.21. The minimum absolute atomic E-state index is 0.258. The number of amides is 1. The van der Waals surface area contributed by atoms with Gasteiger partial charge in [-0.2, -0.15) is 0 Å². The molecule has 0 aliphatic carbocycles. The largest absolute Gasteiger partial charge is 0.479 e. The molecule has 2 rings (SSSR count). The van der Waals surface area contributed by atoms with Gasteiger partial charge in [0.15, 0.2) is 6.10 Å². The number of hydrogen-bond acceptors (Lipinski definition) is 3. The normalized spacial score (nSPS) is 21.7. The Morgan fingerprint density at radius 1 is 1.40 bits per heavy atom. The quantitative estimate of drug-likeness (QED) is 0.906. The fourth-order valence-corrected chi connectivity index (χ4v) is 2.23. The van der Waals surface area contributed by atoms with Crippen molar-refractivity contribution in [1.29, 1.82) is 0 Å². The number of likely N-dealkylation sites (N-methyl/N-ethyl adjacent to an activating group) is 1. The van der Waals surface area contributed by atoms with Crippen LogP contribution < -0.4 is 0 Å². The summed E-state index contributed by atoms with van der Waals surface area (Å²) >= 11 is 0. The van der Waals surface area contributed by atoms with Gasteiger partial charge in [0.1, 0.15) is 11.9 Å². The van der Waals surface area contributed by atoms with Crippen LogP contribution in [0.3, 0.4) is 0 Å². The maximum absolute atomic E-state index is 13.1. The Hall–Kier alpha value is -1.95. The molecule has 1 fully saturated rings. The molecule has 0 spiro atoms. The average molecular weight is 281 g/mol. The summed E-state index contributed by atoms with van der Waals surface area (Å²) in [6.07, 6.45) is -0.913. The molecule has 5 nitrogen and oxygen atoms in total. The molecule has 20 heavy (non-hydrogen) atoms. The number of carboxylic acids is 1. The maximum Gasteiger partial charge on any atom is 0.332 e. The van der Waals surface area contributed by atoms with Gasteiger partial charge in [0.2, 0.25) is 0 Å². The van der Waals surface area contributed by atoms with Crippen LogP contribution >= 0.6 is 0 Å². The molecule has 0 bridgehead atoms. The summed E-state index contributed by atoms with van der Waals surface area (Å²) < 4.78 is 18.3. The number of benzene rings is 1. The van der Waals surface area contributed by atoms with Gasteiger partial charge in [-0.15, -0.1) is 0 Å². The van der Waals surface area contributed by atoms with Crippen LogP contribution in [0.1, 0.15) is 18.4 Å². The minimum atomic E-state index is -1.05. The van der Waals surface area contributed by atoms with Gasteiger partial charge in [0, 0.05) is 13.6 Å². The van der Waals surface area contributed by atoms with Crippen molar-refractivity contribution in [2.75, 3.05) is 7.05 Å². The van der Waals surface area contributed by atoms with E-state index in [0.717, 1.165) is 0 Å². The molecule has 1 heterocycles. The van der Waals surface area contributed by atoms with Crippen LogP contribution in [0.2, 0.25) is 0 Å². The first-order chi connectivity index (χ1) is 9.47. The van der Waals surface area contributed by atoms with Crippen molar-refractivity contribution >= 4 is 11.9 Å². The predicted octanol–water partition coefficient (Wildman–Crippen LogP) is 1.42. The number of carboxylic acid groups (broad SMARTS) is 1. The summed E-state index contributed by atoms with van der Waals surface area (Å²) in [5.74, 6) is -1.68. The third kappa shape index (κ3) is 3.33. The van der Waals surface area contributed by atoms with E-state index < -0.39 is 18.2 Å². The van der Waals surface area contributed by atoms with E-state index in [2.05, 4.69) is 0 Å². The number of aliphatic carboxylic acids is 1. The standard InChI is InChI=1S/C14H16FNO4/c1-16(8-9-3-2-4-10(15)7-9)13(17)11-5-6-12(20-11)14(18)19/h2-4,7,11-12H,5-6,8H2,1H3,(H,18,19)/t11-,12+/m0/s1. The van der Waals surface area contributed by atoms with E-state index >= 15 is 0 Å².